The van der Waals surface area contributed by atoms with Crippen LogP contribution in [-0.4, -0.2) is 4.98 Å². The molecule has 2 aromatic rings. The Morgan fingerprint density at radius 3 is 2.57 bits per heavy atom. The van der Waals surface area contributed by atoms with Gasteiger partial charge in [-0.3, -0.25) is 0 Å². The second-order valence-electron chi connectivity index (χ2n) is 2.84. The zero-order chi connectivity index (χ0) is 10.1. The maximum Gasteiger partial charge on any atom is 0.280 e. The van der Waals surface area contributed by atoms with Crippen LogP contribution in [0.4, 0.5) is 13.2 Å². The van der Waals surface area contributed by atoms with Crippen LogP contribution in [0.15, 0.2) is 30.3 Å². The number of hydrogen-bond acceptors (Lipinski definition) is 1. The fourth-order valence-electron chi connectivity index (χ4n) is 1.25. The molecule has 1 nitrogen and oxygen atoms in total. The van der Waals surface area contributed by atoms with E-state index in [1.165, 1.54) is 24.3 Å². The number of nitrogens with zero attached hydrogens (tertiary/aromatic N) is 1. The summed E-state index contributed by atoms with van der Waals surface area (Å²) in [6.45, 7) is 0. The number of pyridine rings is 1. The van der Waals surface area contributed by atoms with Gasteiger partial charge in [0.2, 0.25) is 0 Å². The summed E-state index contributed by atoms with van der Waals surface area (Å²) in [4.78, 5) is 3.65. The smallest absolute Gasteiger partial charge is 0.247 e. The fourth-order valence-corrected chi connectivity index (χ4v) is 1.25. The van der Waals surface area contributed by atoms with Crippen LogP contribution in [0.2, 0.25) is 0 Å². The first kappa shape index (κ1) is 8.99. The van der Waals surface area contributed by atoms with Crippen molar-refractivity contribution in [1.29, 1.82) is 0 Å². The van der Waals surface area contributed by atoms with Crippen molar-refractivity contribution in [3.05, 3.63) is 41.8 Å². The van der Waals surface area contributed by atoms with E-state index in [2.05, 4.69) is 4.98 Å². The van der Waals surface area contributed by atoms with Gasteiger partial charge in [-0.25, -0.2) is 18.2 Å². The summed E-state index contributed by atoms with van der Waals surface area (Å²) in [7, 11) is 0. The quantitative estimate of drug-likeness (QED) is 0.683. The van der Waals surface area contributed by atoms with Gasteiger partial charge in [0.15, 0.2) is 0 Å². The Balaban J connectivity index is 2.67. The molecule has 1 heterocycles. The van der Waals surface area contributed by atoms with Gasteiger partial charge in [-0.1, -0.05) is 6.07 Å². The maximum atomic E-state index is 13.1. The minimum absolute atomic E-state index is 0.253. The first-order valence-corrected chi connectivity index (χ1v) is 4.02. The van der Waals surface area contributed by atoms with E-state index in [0.29, 0.717) is 0 Å². The predicted octanol–water partition coefficient (Wildman–Crippen LogP) is 3.31. The van der Waals surface area contributed by atoms with Crippen LogP contribution >= 0.6 is 0 Å². The van der Waals surface area contributed by atoms with Gasteiger partial charge in [0.25, 0.3) is 6.43 Å². The average Bonchev–Trinajstić information content (AvgIpc) is 2.17. The largest absolute Gasteiger partial charge is 0.280 e. The van der Waals surface area contributed by atoms with E-state index in [9.17, 15) is 13.2 Å². The van der Waals surface area contributed by atoms with E-state index in [-0.39, 0.29) is 16.6 Å². The molecule has 0 bridgehead atoms. The number of fused-ring (bicyclic) bond motifs is 1. The molecule has 1 aromatic carbocycles. The van der Waals surface area contributed by atoms with Crippen molar-refractivity contribution < 1.29 is 13.2 Å². The van der Waals surface area contributed by atoms with E-state index < -0.39 is 12.2 Å². The molecule has 0 aliphatic heterocycles. The van der Waals surface area contributed by atoms with Crippen molar-refractivity contribution >= 4 is 10.9 Å². The molecule has 0 atom stereocenters. The van der Waals surface area contributed by atoms with Crippen LogP contribution in [0.5, 0.6) is 0 Å². The number of aromatic nitrogens is 1. The molecule has 0 radical (unpaired) electrons. The van der Waals surface area contributed by atoms with Crippen molar-refractivity contribution in [2.45, 2.75) is 6.43 Å². The standard InChI is InChI=1S/C10H6F3N/c11-7-2-1-3-8-6(7)4-5-9(14-8)10(12)13/h1-5,10H. The van der Waals surface area contributed by atoms with Gasteiger partial charge in [-0.15, -0.1) is 0 Å². The lowest BCUT2D eigenvalue weighted by Gasteiger charge is -2.01. The Labute approximate surface area is 78.2 Å². The van der Waals surface area contributed by atoms with Crippen LogP contribution in [-0.2, 0) is 0 Å². The van der Waals surface area contributed by atoms with Gasteiger partial charge in [0.05, 0.1) is 5.52 Å². The molecule has 72 valence electrons. The Kier molecular flexibility index (Phi) is 2.11. The van der Waals surface area contributed by atoms with Gasteiger partial charge in [0.1, 0.15) is 11.5 Å². The topological polar surface area (TPSA) is 12.9 Å². The summed E-state index contributed by atoms with van der Waals surface area (Å²) >= 11 is 0. The van der Waals surface area contributed by atoms with E-state index in [1.54, 1.807) is 0 Å². The number of halogens is 3. The highest BCUT2D eigenvalue weighted by molar-refractivity contribution is 5.79. The summed E-state index contributed by atoms with van der Waals surface area (Å²) in [6, 6.07) is 6.67. The van der Waals surface area contributed by atoms with E-state index in [4.69, 9.17) is 0 Å². The second-order valence-corrected chi connectivity index (χ2v) is 2.84. The lowest BCUT2D eigenvalue weighted by Crippen LogP contribution is -1.91. The SMILES string of the molecule is Fc1cccc2nc(C(F)F)ccc12. The highest BCUT2D eigenvalue weighted by Gasteiger charge is 2.09. The molecule has 0 aliphatic carbocycles. The summed E-state index contributed by atoms with van der Waals surface area (Å²) in [5.74, 6) is -0.448. The van der Waals surface area contributed by atoms with Gasteiger partial charge in [0, 0.05) is 5.39 Å². The van der Waals surface area contributed by atoms with Crippen molar-refractivity contribution in [3.8, 4) is 0 Å². The van der Waals surface area contributed by atoms with E-state index >= 15 is 0 Å². The second kappa shape index (κ2) is 3.29. The van der Waals surface area contributed by atoms with Crippen molar-refractivity contribution in [2.75, 3.05) is 0 Å². The predicted molar refractivity (Wildman–Crippen MR) is 46.7 cm³/mol. The van der Waals surface area contributed by atoms with Crippen LogP contribution in [0, 0.1) is 5.82 Å². The monoisotopic (exact) mass is 197 g/mol. The minimum Gasteiger partial charge on any atom is -0.247 e. The number of benzene rings is 1. The summed E-state index contributed by atoms with van der Waals surface area (Å²) in [6.07, 6.45) is -2.62. The highest BCUT2D eigenvalue weighted by Crippen LogP contribution is 2.21. The zero-order valence-electron chi connectivity index (χ0n) is 7.05. The Morgan fingerprint density at radius 1 is 1.07 bits per heavy atom. The summed E-state index contributed by atoms with van der Waals surface area (Å²) in [5.41, 5.74) is -0.0779. The zero-order valence-corrected chi connectivity index (χ0v) is 7.05. The van der Waals surface area contributed by atoms with Crippen LogP contribution in [0.1, 0.15) is 12.1 Å². The molecule has 1 aromatic heterocycles. The first-order valence-electron chi connectivity index (χ1n) is 4.02. The Morgan fingerprint density at radius 2 is 1.86 bits per heavy atom. The minimum atomic E-state index is -2.62. The Bertz CT molecular complexity index is 468. The van der Waals surface area contributed by atoms with Crippen LogP contribution in [0.3, 0.4) is 0 Å². The number of alkyl halides is 2. The molecule has 2 rings (SSSR count). The van der Waals surface area contributed by atoms with Gasteiger partial charge in [-0.05, 0) is 24.3 Å². The fraction of sp³-hybridized carbons (Fsp3) is 0.100. The van der Waals surface area contributed by atoms with E-state index in [0.717, 1.165) is 6.07 Å². The lowest BCUT2D eigenvalue weighted by atomic mass is 10.2. The summed E-state index contributed by atoms with van der Waals surface area (Å²) < 4.78 is 37.6. The highest BCUT2D eigenvalue weighted by atomic mass is 19.3. The lowest BCUT2D eigenvalue weighted by molar-refractivity contribution is 0.146. The molecular weight excluding hydrogens is 191 g/mol. The van der Waals surface area contributed by atoms with Crippen LogP contribution in [0.25, 0.3) is 10.9 Å². The first-order chi connectivity index (χ1) is 6.68. The van der Waals surface area contributed by atoms with Crippen molar-refractivity contribution in [2.24, 2.45) is 0 Å². The van der Waals surface area contributed by atoms with Crippen LogP contribution < -0.4 is 0 Å². The summed E-state index contributed by atoms with van der Waals surface area (Å²) in [5, 5.41) is 0.261. The molecule has 0 saturated carbocycles. The Hall–Kier alpha value is -1.58. The van der Waals surface area contributed by atoms with E-state index in [1.807, 2.05) is 0 Å². The maximum absolute atomic E-state index is 13.1. The molecule has 4 heteroatoms. The molecule has 0 aliphatic rings. The third kappa shape index (κ3) is 1.43. The van der Waals surface area contributed by atoms with Gasteiger partial charge in [-0.2, -0.15) is 0 Å². The van der Waals surface area contributed by atoms with Crippen molar-refractivity contribution in [3.63, 3.8) is 0 Å². The molecule has 0 spiro atoms. The van der Waals surface area contributed by atoms with Gasteiger partial charge < -0.3 is 0 Å². The molecule has 0 amide bonds. The number of hydrogen-bond donors (Lipinski definition) is 0. The molecule has 0 unspecified atom stereocenters. The average molecular weight is 197 g/mol. The van der Waals surface area contributed by atoms with Crippen molar-refractivity contribution in [1.82, 2.24) is 4.98 Å². The molecule has 0 N–H and O–H groups in total. The third-order valence-electron chi connectivity index (χ3n) is 1.92. The third-order valence-corrected chi connectivity index (χ3v) is 1.92. The normalized spacial score (nSPS) is 11.1. The molecule has 0 saturated heterocycles. The number of rotatable bonds is 1. The van der Waals surface area contributed by atoms with Gasteiger partial charge >= 0.3 is 0 Å². The molecule has 0 fully saturated rings. The molecular formula is C10H6F3N. The molecule has 14 heavy (non-hydrogen) atoms.